The second-order valence-electron chi connectivity index (χ2n) is 6.55. The lowest BCUT2D eigenvalue weighted by Gasteiger charge is -2.35. The van der Waals surface area contributed by atoms with Crippen molar-refractivity contribution >= 4 is 17.6 Å². The quantitative estimate of drug-likeness (QED) is 0.650. The van der Waals surface area contributed by atoms with Crippen molar-refractivity contribution < 1.29 is 4.79 Å². The average molecular weight is 304 g/mol. The fourth-order valence-corrected chi connectivity index (χ4v) is 2.69. The number of aliphatic imine (C=N–C) groups is 1. The molecule has 0 radical (unpaired) electrons. The Morgan fingerprint density at radius 3 is 2.77 bits per heavy atom. The van der Waals surface area contributed by atoms with Crippen LogP contribution in [0.1, 0.15) is 19.8 Å². The van der Waals surface area contributed by atoms with Gasteiger partial charge in [-0.3, -0.25) is 14.5 Å². The third kappa shape index (κ3) is 3.08. The summed E-state index contributed by atoms with van der Waals surface area (Å²) in [6, 6.07) is 0. The molecule has 3 rings (SSSR count). The van der Waals surface area contributed by atoms with E-state index in [1.54, 1.807) is 22.8 Å². The highest BCUT2D eigenvalue weighted by atomic mass is 16.2. The molecule has 1 amide bonds. The maximum absolute atomic E-state index is 12.4. The fraction of sp³-hybridized carbons (Fsp3) is 0.667. The van der Waals surface area contributed by atoms with Gasteiger partial charge in [-0.25, -0.2) is 0 Å². The summed E-state index contributed by atoms with van der Waals surface area (Å²) in [5.41, 5.74) is 1.28. The summed E-state index contributed by atoms with van der Waals surface area (Å²) in [7, 11) is 3.63. The van der Waals surface area contributed by atoms with E-state index in [0.29, 0.717) is 18.5 Å². The number of guanidine groups is 1. The summed E-state index contributed by atoms with van der Waals surface area (Å²) in [4.78, 5) is 20.6. The van der Waals surface area contributed by atoms with E-state index in [0.717, 1.165) is 24.7 Å². The Labute approximate surface area is 131 Å². The molecular weight excluding hydrogens is 280 g/mol. The second-order valence-corrected chi connectivity index (χ2v) is 6.55. The Bertz CT molecular complexity index is 589. The summed E-state index contributed by atoms with van der Waals surface area (Å²) >= 11 is 0. The van der Waals surface area contributed by atoms with Gasteiger partial charge in [0.15, 0.2) is 5.96 Å². The van der Waals surface area contributed by atoms with E-state index in [-0.39, 0.29) is 5.91 Å². The zero-order chi connectivity index (χ0) is 15.7. The highest BCUT2D eigenvalue weighted by molar-refractivity contribution is 5.98. The Hall–Kier alpha value is -2.05. The molecule has 1 saturated carbocycles. The van der Waals surface area contributed by atoms with E-state index in [1.165, 1.54) is 12.8 Å². The fourth-order valence-electron chi connectivity index (χ4n) is 2.69. The van der Waals surface area contributed by atoms with Crippen LogP contribution in [0, 0.1) is 5.41 Å². The summed E-state index contributed by atoms with van der Waals surface area (Å²) in [5, 5.41) is 7.54. The minimum atomic E-state index is 0.0832. The molecule has 1 aromatic rings. The molecule has 2 aliphatic rings. The van der Waals surface area contributed by atoms with Gasteiger partial charge >= 0.3 is 0 Å². The molecule has 2 heterocycles. The van der Waals surface area contributed by atoms with E-state index in [2.05, 4.69) is 22.3 Å². The molecule has 0 atom stereocenters. The van der Waals surface area contributed by atoms with Crippen molar-refractivity contribution in [1.82, 2.24) is 20.0 Å². The predicted molar refractivity (Wildman–Crippen MR) is 85.8 cm³/mol. The molecule has 0 aromatic carbocycles. The van der Waals surface area contributed by atoms with E-state index in [4.69, 9.17) is 0 Å². The summed E-state index contributed by atoms with van der Waals surface area (Å²) in [6.45, 7) is 4.99. The zero-order valence-electron chi connectivity index (χ0n) is 13.5. The molecule has 1 aromatic heterocycles. The predicted octanol–water partition coefficient (Wildman–Crippen LogP) is 0.444. The van der Waals surface area contributed by atoms with Crippen molar-refractivity contribution in [3.8, 4) is 0 Å². The smallest absolute Gasteiger partial charge is 0.246 e. The number of rotatable bonds is 3. The molecule has 120 valence electrons. The van der Waals surface area contributed by atoms with E-state index in [1.807, 2.05) is 18.1 Å². The molecule has 22 heavy (non-hydrogen) atoms. The van der Waals surface area contributed by atoms with E-state index in [9.17, 15) is 4.79 Å². The second kappa shape index (κ2) is 5.62. The van der Waals surface area contributed by atoms with Gasteiger partial charge in [0.25, 0.3) is 0 Å². The molecule has 0 unspecified atom stereocenters. The van der Waals surface area contributed by atoms with Crippen molar-refractivity contribution in [1.29, 1.82) is 0 Å². The van der Waals surface area contributed by atoms with Gasteiger partial charge < -0.3 is 15.1 Å². The molecule has 1 aliphatic carbocycles. The third-order valence-corrected chi connectivity index (χ3v) is 4.51. The molecule has 1 N–H and O–H groups in total. The highest BCUT2D eigenvalue weighted by Gasteiger charge is 2.37. The maximum atomic E-state index is 12.4. The number of amides is 1. The van der Waals surface area contributed by atoms with E-state index < -0.39 is 0 Å². The Morgan fingerprint density at radius 2 is 2.23 bits per heavy atom. The number of carbonyl (C=O) groups is 1. The first-order valence-corrected chi connectivity index (χ1v) is 7.75. The van der Waals surface area contributed by atoms with Crippen LogP contribution in [-0.4, -0.2) is 59.8 Å². The number of piperazine rings is 1. The van der Waals surface area contributed by atoms with Crippen LogP contribution in [0.4, 0.5) is 5.69 Å². The maximum Gasteiger partial charge on any atom is 0.246 e. The van der Waals surface area contributed by atoms with Crippen molar-refractivity contribution in [3.63, 3.8) is 0 Å². The molecule has 0 bridgehead atoms. The number of nitrogens with one attached hydrogen (secondary N) is 1. The van der Waals surface area contributed by atoms with Gasteiger partial charge in [-0.2, -0.15) is 5.10 Å². The van der Waals surface area contributed by atoms with Gasteiger partial charge in [0.2, 0.25) is 5.91 Å². The Morgan fingerprint density at radius 1 is 1.45 bits per heavy atom. The average Bonchev–Trinajstić information content (AvgIpc) is 3.07. The van der Waals surface area contributed by atoms with Crippen LogP contribution in [0.2, 0.25) is 0 Å². The van der Waals surface area contributed by atoms with Crippen molar-refractivity contribution in [2.75, 3.05) is 38.1 Å². The van der Waals surface area contributed by atoms with Gasteiger partial charge in [0.05, 0.1) is 11.9 Å². The molecule has 1 aliphatic heterocycles. The summed E-state index contributed by atoms with van der Waals surface area (Å²) in [5.74, 6) is 0.909. The molecular formula is C15H24N6O. The van der Waals surface area contributed by atoms with Gasteiger partial charge in [0, 0.05) is 39.9 Å². The summed E-state index contributed by atoms with van der Waals surface area (Å²) in [6.07, 6.45) is 6.14. The van der Waals surface area contributed by atoms with Gasteiger partial charge in [-0.15, -0.1) is 0 Å². The normalized spacial score (nSPS) is 21.2. The van der Waals surface area contributed by atoms with Crippen LogP contribution in [0.15, 0.2) is 17.4 Å². The lowest BCUT2D eigenvalue weighted by Crippen LogP contribution is -2.55. The lowest BCUT2D eigenvalue weighted by atomic mass is 10.1. The number of aryl methyl sites for hydroxylation is 1. The minimum Gasteiger partial charge on any atom is -0.356 e. The Kier molecular flexibility index (Phi) is 3.80. The van der Waals surface area contributed by atoms with Crippen LogP contribution in [0.25, 0.3) is 0 Å². The number of anilines is 1. The third-order valence-electron chi connectivity index (χ3n) is 4.51. The number of nitrogens with zero attached hydrogens (tertiary/aromatic N) is 5. The number of hydrogen-bond donors (Lipinski definition) is 1. The van der Waals surface area contributed by atoms with Gasteiger partial charge in [-0.05, 0) is 18.3 Å². The van der Waals surface area contributed by atoms with Crippen LogP contribution in [0.5, 0.6) is 0 Å². The molecule has 7 nitrogen and oxygen atoms in total. The standard InChI is InChI=1S/C15H24N6O/c1-15(4-5-15)11-17-14(16-2)20-6-7-21(13(22)10-20)12-8-18-19(3)9-12/h8-9H,4-7,10-11H2,1-3H3,(H,16,17). The number of hydrogen-bond acceptors (Lipinski definition) is 3. The number of carbonyl (C=O) groups excluding carboxylic acids is 1. The first-order valence-electron chi connectivity index (χ1n) is 7.75. The molecule has 1 saturated heterocycles. The highest BCUT2D eigenvalue weighted by Crippen LogP contribution is 2.44. The lowest BCUT2D eigenvalue weighted by molar-refractivity contribution is -0.120. The Balaban J connectivity index is 1.60. The van der Waals surface area contributed by atoms with Gasteiger partial charge in [0.1, 0.15) is 6.54 Å². The zero-order valence-corrected chi connectivity index (χ0v) is 13.5. The SMILES string of the molecule is CN=C(NCC1(C)CC1)N1CCN(c2cnn(C)c2)C(=O)C1. The molecule has 0 spiro atoms. The topological polar surface area (TPSA) is 65.8 Å². The number of aromatic nitrogens is 2. The van der Waals surface area contributed by atoms with Crippen LogP contribution >= 0.6 is 0 Å². The first-order chi connectivity index (χ1) is 10.5. The van der Waals surface area contributed by atoms with Crippen molar-refractivity contribution in [2.45, 2.75) is 19.8 Å². The molecule has 2 fully saturated rings. The van der Waals surface area contributed by atoms with Crippen LogP contribution in [0.3, 0.4) is 0 Å². The van der Waals surface area contributed by atoms with E-state index >= 15 is 0 Å². The van der Waals surface area contributed by atoms with Gasteiger partial charge in [-0.1, -0.05) is 6.92 Å². The summed E-state index contributed by atoms with van der Waals surface area (Å²) < 4.78 is 1.71. The first kappa shape index (κ1) is 14.9. The minimum absolute atomic E-state index is 0.0832. The monoisotopic (exact) mass is 304 g/mol. The van der Waals surface area contributed by atoms with Crippen LogP contribution in [-0.2, 0) is 11.8 Å². The van der Waals surface area contributed by atoms with Crippen LogP contribution < -0.4 is 10.2 Å². The van der Waals surface area contributed by atoms with Crippen molar-refractivity contribution in [3.05, 3.63) is 12.4 Å². The van der Waals surface area contributed by atoms with Crippen molar-refractivity contribution in [2.24, 2.45) is 17.5 Å². The largest absolute Gasteiger partial charge is 0.356 e. The molecule has 7 heteroatoms.